The van der Waals surface area contributed by atoms with Crippen LogP contribution < -0.4 is 4.74 Å². The summed E-state index contributed by atoms with van der Waals surface area (Å²) in [6.07, 6.45) is 7.38. The topological polar surface area (TPSA) is 63.3 Å². The number of fused-ring (bicyclic) bond motifs is 1. The summed E-state index contributed by atoms with van der Waals surface area (Å²) in [5, 5.41) is 9.22. The predicted octanol–water partition coefficient (Wildman–Crippen LogP) is 6.06. The third-order valence-corrected chi connectivity index (χ3v) is 6.65. The highest BCUT2D eigenvalue weighted by Crippen LogP contribution is 2.31. The molecule has 180 valence electrons. The average molecular weight is 489 g/mol. The summed E-state index contributed by atoms with van der Waals surface area (Å²) in [6.45, 7) is 8.58. The van der Waals surface area contributed by atoms with Gasteiger partial charge < -0.3 is 9.47 Å². The van der Waals surface area contributed by atoms with Gasteiger partial charge in [-0.1, -0.05) is 41.9 Å². The largest absolute Gasteiger partial charge is 0.486 e. The zero-order valence-electron chi connectivity index (χ0n) is 20.0. The molecule has 0 saturated carbocycles. The number of halogens is 1. The summed E-state index contributed by atoms with van der Waals surface area (Å²) in [6, 6.07) is 14.6. The number of nitrogens with one attached hydrogen (secondary N) is 1. The lowest BCUT2D eigenvalue weighted by atomic mass is 10.1. The van der Waals surface area contributed by atoms with Crippen molar-refractivity contribution in [3.05, 3.63) is 87.8 Å². The summed E-state index contributed by atoms with van der Waals surface area (Å²) in [7, 11) is 0. The number of hydrogen-bond acceptors (Lipinski definition) is 5. The van der Waals surface area contributed by atoms with E-state index in [0.29, 0.717) is 5.02 Å². The van der Waals surface area contributed by atoms with E-state index in [1.165, 1.54) is 5.56 Å². The summed E-state index contributed by atoms with van der Waals surface area (Å²) in [5.41, 5.74) is 6.24. The Morgan fingerprint density at radius 2 is 1.91 bits per heavy atom. The molecule has 1 aliphatic rings. The molecule has 0 radical (unpaired) electrons. The first-order valence-corrected chi connectivity index (χ1v) is 12.3. The number of aromatic nitrogens is 3. The van der Waals surface area contributed by atoms with Crippen LogP contribution in [0, 0.1) is 6.92 Å². The number of rotatable bonds is 7. The molecule has 5 rings (SSSR count). The molecule has 1 N–H and O–H groups in total. The Labute approximate surface area is 210 Å². The molecule has 0 bridgehead atoms. The first kappa shape index (κ1) is 23.5. The monoisotopic (exact) mass is 488 g/mol. The van der Waals surface area contributed by atoms with E-state index >= 15 is 0 Å². The number of hydrogen-bond donors (Lipinski definition) is 1. The van der Waals surface area contributed by atoms with Gasteiger partial charge in [-0.2, -0.15) is 5.10 Å². The highest BCUT2D eigenvalue weighted by molar-refractivity contribution is 6.31. The molecule has 7 heteroatoms. The van der Waals surface area contributed by atoms with Gasteiger partial charge in [0.05, 0.1) is 29.4 Å². The first-order chi connectivity index (χ1) is 17.1. The Balaban J connectivity index is 1.29. The van der Waals surface area contributed by atoms with Crippen molar-refractivity contribution >= 4 is 34.7 Å². The van der Waals surface area contributed by atoms with Crippen molar-refractivity contribution in [2.24, 2.45) is 0 Å². The molecule has 0 aliphatic carbocycles. The first-order valence-electron chi connectivity index (χ1n) is 11.9. The van der Waals surface area contributed by atoms with Gasteiger partial charge in [0, 0.05) is 43.0 Å². The molecule has 6 nitrogen and oxygen atoms in total. The number of nitrogens with zero attached hydrogens (tertiary/aromatic N) is 3. The van der Waals surface area contributed by atoms with Crippen molar-refractivity contribution in [3.8, 4) is 5.75 Å². The second-order valence-electron chi connectivity index (χ2n) is 8.89. The van der Waals surface area contributed by atoms with Gasteiger partial charge in [0.25, 0.3) is 0 Å². The molecule has 0 spiro atoms. The smallest absolute Gasteiger partial charge is 0.123 e. The van der Waals surface area contributed by atoms with Crippen LogP contribution in [-0.4, -0.2) is 46.4 Å². The maximum absolute atomic E-state index is 6.38. The molecular weight excluding hydrogens is 460 g/mol. The van der Waals surface area contributed by atoms with Crippen LogP contribution in [0.1, 0.15) is 41.0 Å². The molecule has 1 aliphatic heterocycles. The fourth-order valence-electron chi connectivity index (χ4n) is 4.46. The van der Waals surface area contributed by atoms with E-state index in [9.17, 15) is 0 Å². The van der Waals surface area contributed by atoms with Gasteiger partial charge in [0.2, 0.25) is 0 Å². The van der Waals surface area contributed by atoms with E-state index in [0.717, 1.165) is 71.9 Å². The molecule has 0 amide bonds. The van der Waals surface area contributed by atoms with Crippen LogP contribution in [0.15, 0.2) is 54.9 Å². The highest BCUT2D eigenvalue weighted by Gasteiger charge is 2.15. The summed E-state index contributed by atoms with van der Waals surface area (Å²) in [4.78, 5) is 6.57. The minimum atomic E-state index is -0.204. The van der Waals surface area contributed by atoms with Crippen LogP contribution in [0.25, 0.3) is 23.1 Å². The lowest BCUT2D eigenvalue weighted by Gasteiger charge is -2.26. The van der Waals surface area contributed by atoms with E-state index in [4.69, 9.17) is 21.1 Å². The van der Waals surface area contributed by atoms with Crippen molar-refractivity contribution in [1.29, 1.82) is 0 Å². The molecule has 1 saturated heterocycles. The third-order valence-electron chi connectivity index (χ3n) is 6.34. The zero-order valence-corrected chi connectivity index (χ0v) is 20.8. The van der Waals surface area contributed by atoms with Crippen LogP contribution in [0.5, 0.6) is 5.75 Å². The molecule has 1 unspecified atom stereocenters. The quantitative estimate of drug-likeness (QED) is 0.342. The number of morpholine rings is 1. The molecule has 2 aromatic heterocycles. The zero-order chi connectivity index (χ0) is 24.2. The van der Waals surface area contributed by atoms with Crippen LogP contribution in [0.3, 0.4) is 0 Å². The predicted molar refractivity (Wildman–Crippen MR) is 141 cm³/mol. The van der Waals surface area contributed by atoms with E-state index in [2.05, 4.69) is 50.4 Å². The Hall–Kier alpha value is -3.19. The molecule has 4 aromatic rings. The van der Waals surface area contributed by atoms with Crippen molar-refractivity contribution in [2.75, 3.05) is 26.3 Å². The van der Waals surface area contributed by atoms with Gasteiger partial charge in [0.1, 0.15) is 11.9 Å². The number of aryl methyl sites for hydroxylation is 1. The average Bonchev–Trinajstić information content (AvgIpc) is 3.26. The van der Waals surface area contributed by atoms with Crippen molar-refractivity contribution in [2.45, 2.75) is 26.5 Å². The SMILES string of the molecule is Cc1cncc(Cl)c1C(C)Oc1ccc2[nH]nc(/C=C/c3ccc(CN4CCOCC4)cc3)c2c1. The molecule has 35 heavy (non-hydrogen) atoms. The molecule has 1 atom stereocenters. The summed E-state index contributed by atoms with van der Waals surface area (Å²) >= 11 is 6.38. The lowest BCUT2D eigenvalue weighted by molar-refractivity contribution is 0.0342. The number of benzene rings is 2. The van der Waals surface area contributed by atoms with Crippen molar-refractivity contribution in [1.82, 2.24) is 20.1 Å². The number of pyridine rings is 1. The van der Waals surface area contributed by atoms with E-state index in [1.807, 2.05) is 38.1 Å². The Bertz CT molecular complexity index is 1310. The number of aromatic amines is 1. The molecule has 2 aromatic carbocycles. The van der Waals surface area contributed by atoms with Crippen LogP contribution in [-0.2, 0) is 11.3 Å². The second kappa shape index (κ2) is 10.6. The lowest BCUT2D eigenvalue weighted by Crippen LogP contribution is -2.35. The molecule has 3 heterocycles. The van der Waals surface area contributed by atoms with Gasteiger partial charge in [-0.15, -0.1) is 0 Å². The number of ether oxygens (including phenoxy) is 2. The summed E-state index contributed by atoms with van der Waals surface area (Å²) in [5.74, 6) is 0.765. The van der Waals surface area contributed by atoms with Crippen LogP contribution >= 0.6 is 11.6 Å². The van der Waals surface area contributed by atoms with Gasteiger partial charge in [-0.3, -0.25) is 15.0 Å². The highest BCUT2D eigenvalue weighted by atomic mass is 35.5. The van der Waals surface area contributed by atoms with E-state index in [-0.39, 0.29) is 6.10 Å². The second-order valence-corrected chi connectivity index (χ2v) is 9.30. The molecule has 1 fully saturated rings. The maximum atomic E-state index is 6.38. The van der Waals surface area contributed by atoms with E-state index < -0.39 is 0 Å². The number of H-pyrrole nitrogens is 1. The standard InChI is InChI=1S/C28H29ClN4O2/c1-19-16-30-17-25(29)28(19)20(2)35-23-8-10-27-24(15-23)26(31-32-27)9-7-21-3-5-22(6-4-21)18-33-11-13-34-14-12-33/h3-10,15-17,20H,11-14,18H2,1-2H3,(H,31,32)/b9-7+. The molecular formula is C28H29ClN4O2. The Morgan fingerprint density at radius 1 is 1.11 bits per heavy atom. The maximum Gasteiger partial charge on any atom is 0.123 e. The van der Waals surface area contributed by atoms with Crippen molar-refractivity contribution < 1.29 is 9.47 Å². The van der Waals surface area contributed by atoms with Gasteiger partial charge in [-0.25, -0.2) is 0 Å². The van der Waals surface area contributed by atoms with Gasteiger partial charge >= 0.3 is 0 Å². The fourth-order valence-corrected chi connectivity index (χ4v) is 4.82. The van der Waals surface area contributed by atoms with Gasteiger partial charge in [0.15, 0.2) is 0 Å². The van der Waals surface area contributed by atoms with Crippen molar-refractivity contribution in [3.63, 3.8) is 0 Å². The Morgan fingerprint density at radius 3 is 2.69 bits per heavy atom. The fraction of sp³-hybridized carbons (Fsp3) is 0.286. The summed E-state index contributed by atoms with van der Waals surface area (Å²) < 4.78 is 11.7. The van der Waals surface area contributed by atoms with Gasteiger partial charge in [-0.05, 0) is 54.8 Å². The Kier molecular flexibility index (Phi) is 7.13. The van der Waals surface area contributed by atoms with E-state index in [1.54, 1.807) is 12.4 Å². The third kappa shape index (κ3) is 5.56. The minimum Gasteiger partial charge on any atom is -0.486 e. The van der Waals surface area contributed by atoms with Crippen LogP contribution in [0.4, 0.5) is 0 Å². The minimum absolute atomic E-state index is 0.204. The normalized spacial score (nSPS) is 15.6. The van der Waals surface area contributed by atoms with Crippen LogP contribution in [0.2, 0.25) is 5.02 Å².